The summed E-state index contributed by atoms with van der Waals surface area (Å²) < 4.78 is 23.3. The van der Waals surface area contributed by atoms with Crippen molar-refractivity contribution in [1.29, 1.82) is 0 Å². The van der Waals surface area contributed by atoms with Crippen molar-refractivity contribution in [1.82, 2.24) is 0 Å². The summed E-state index contributed by atoms with van der Waals surface area (Å²) in [6.07, 6.45) is 0. The van der Waals surface area contributed by atoms with E-state index in [1.807, 2.05) is 26.0 Å². The lowest BCUT2D eigenvalue weighted by molar-refractivity contribution is 0.102. The van der Waals surface area contributed by atoms with E-state index in [1.54, 1.807) is 19.9 Å². The largest absolute Gasteiger partial charge is 0.293 e. The third-order valence-corrected chi connectivity index (χ3v) is 4.83. The van der Waals surface area contributed by atoms with Crippen molar-refractivity contribution in [3.63, 3.8) is 0 Å². The zero-order valence-corrected chi connectivity index (χ0v) is 11.5. The molecule has 17 heavy (non-hydrogen) atoms. The monoisotopic (exact) mass is 254 g/mol. The number of hydrogen-bond acceptors (Lipinski definition) is 3. The summed E-state index contributed by atoms with van der Waals surface area (Å²) in [6, 6.07) is 5.40. The molecule has 1 rings (SSSR count). The van der Waals surface area contributed by atoms with Crippen molar-refractivity contribution in [3.8, 4) is 0 Å². The maximum absolute atomic E-state index is 11.9. The predicted molar refractivity (Wildman–Crippen MR) is 69.2 cm³/mol. The number of carbonyl (C=O) groups excluding carboxylic acids is 1. The van der Waals surface area contributed by atoms with Crippen molar-refractivity contribution < 1.29 is 13.2 Å². The molecule has 0 radical (unpaired) electrons. The van der Waals surface area contributed by atoms with Crippen LogP contribution in [0.5, 0.6) is 0 Å². The highest BCUT2D eigenvalue weighted by Crippen LogP contribution is 2.13. The Labute approximate surface area is 103 Å². The van der Waals surface area contributed by atoms with E-state index in [2.05, 4.69) is 0 Å². The molecule has 3 nitrogen and oxygen atoms in total. The Bertz CT molecular complexity index is 528. The number of sulfone groups is 1. The molecule has 0 heterocycles. The first-order valence-electron chi connectivity index (χ1n) is 5.56. The molecule has 0 amide bonds. The minimum absolute atomic E-state index is 0.323. The fourth-order valence-corrected chi connectivity index (χ4v) is 2.41. The van der Waals surface area contributed by atoms with Gasteiger partial charge in [0.25, 0.3) is 0 Å². The molecule has 0 atom stereocenters. The maximum atomic E-state index is 11.9. The van der Waals surface area contributed by atoms with Crippen molar-refractivity contribution in [2.45, 2.75) is 32.9 Å². The van der Waals surface area contributed by atoms with Gasteiger partial charge < -0.3 is 0 Å². The number of carbonyl (C=O) groups is 1. The van der Waals surface area contributed by atoms with Gasteiger partial charge in [0.15, 0.2) is 15.6 Å². The molecule has 0 bridgehead atoms. The summed E-state index contributed by atoms with van der Waals surface area (Å²) in [5, 5.41) is -0.516. The molecule has 0 spiro atoms. The molecule has 1 aromatic carbocycles. The van der Waals surface area contributed by atoms with Gasteiger partial charge in [-0.3, -0.25) is 4.79 Å². The van der Waals surface area contributed by atoms with Crippen LogP contribution in [0.2, 0.25) is 0 Å². The predicted octanol–water partition coefficient (Wildman–Crippen LogP) is 2.31. The SMILES string of the molecule is Cc1ccc(C(=O)CS(=O)(=O)C(C)C)c(C)c1. The number of ketones is 1. The Morgan fingerprint density at radius 1 is 1.24 bits per heavy atom. The molecule has 0 saturated heterocycles. The molecule has 0 aromatic heterocycles. The Morgan fingerprint density at radius 2 is 1.82 bits per heavy atom. The van der Waals surface area contributed by atoms with Crippen molar-refractivity contribution in [2.24, 2.45) is 0 Å². The number of rotatable bonds is 4. The minimum Gasteiger partial charge on any atom is -0.293 e. The zero-order valence-electron chi connectivity index (χ0n) is 10.6. The van der Waals surface area contributed by atoms with E-state index in [1.165, 1.54) is 0 Å². The van der Waals surface area contributed by atoms with Gasteiger partial charge >= 0.3 is 0 Å². The average molecular weight is 254 g/mol. The van der Waals surface area contributed by atoms with Crippen molar-refractivity contribution >= 4 is 15.6 Å². The Balaban J connectivity index is 2.99. The molecule has 0 N–H and O–H groups in total. The van der Waals surface area contributed by atoms with Gasteiger partial charge in [-0.2, -0.15) is 0 Å². The van der Waals surface area contributed by atoms with E-state index >= 15 is 0 Å². The van der Waals surface area contributed by atoms with Gasteiger partial charge in [-0.15, -0.1) is 0 Å². The summed E-state index contributed by atoms with van der Waals surface area (Å²) in [5.74, 6) is -0.731. The van der Waals surface area contributed by atoms with E-state index in [0.29, 0.717) is 5.56 Å². The number of benzene rings is 1. The fourth-order valence-electron chi connectivity index (χ4n) is 1.55. The van der Waals surface area contributed by atoms with Crippen molar-refractivity contribution in [2.75, 3.05) is 5.75 Å². The first-order chi connectivity index (χ1) is 7.74. The van der Waals surface area contributed by atoms with Gasteiger partial charge in [-0.25, -0.2) is 8.42 Å². The molecule has 0 unspecified atom stereocenters. The highest BCUT2D eigenvalue weighted by atomic mass is 32.2. The molecule has 0 saturated carbocycles. The summed E-state index contributed by atoms with van der Waals surface area (Å²) in [5.41, 5.74) is 2.39. The highest BCUT2D eigenvalue weighted by Gasteiger charge is 2.22. The first kappa shape index (κ1) is 13.9. The molecule has 1 aromatic rings. The normalized spacial score (nSPS) is 11.8. The van der Waals surface area contributed by atoms with Crippen LogP contribution in [0.1, 0.15) is 35.3 Å². The van der Waals surface area contributed by atoms with Crippen LogP contribution in [-0.2, 0) is 9.84 Å². The van der Waals surface area contributed by atoms with Gasteiger partial charge in [0, 0.05) is 5.56 Å². The van der Waals surface area contributed by atoms with Crippen LogP contribution in [-0.4, -0.2) is 25.2 Å². The quantitative estimate of drug-likeness (QED) is 0.775. The van der Waals surface area contributed by atoms with E-state index in [4.69, 9.17) is 0 Å². The van der Waals surface area contributed by atoms with Gasteiger partial charge in [-0.05, 0) is 33.3 Å². The van der Waals surface area contributed by atoms with Crippen LogP contribution < -0.4 is 0 Å². The molecule has 94 valence electrons. The second kappa shape index (κ2) is 5.00. The highest BCUT2D eigenvalue weighted by molar-refractivity contribution is 7.92. The van der Waals surface area contributed by atoms with E-state index in [-0.39, 0.29) is 5.78 Å². The van der Waals surface area contributed by atoms with Crippen LogP contribution in [0.4, 0.5) is 0 Å². The van der Waals surface area contributed by atoms with Crippen LogP contribution in [0.15, 0.2) is 18.2 Å². The summed E-state index contributed by atoms with van der Waals surface area (Å²) >= 11 is 0. The van der Waals surface area contributed by atoms with Crippen LogP contribution in [0.3, 0.4) is 0 Å². The third kappa shape index (κ3) is 3.40. The number of aryl methyl sites for hydroxylation is 2. The zero-order chi connectivity index (χ0) is 13.2. The summed E-state index contributed by atoms with van der Waals surface area (Å²) in [7, 11) is -3.32. The molecule has 0 aliphatic carbocycles. The van der Waals surface area contributed by atoms with E-state index in [0.717, 1.165) is 11.1 Å². The Morgan fingerprint density at radius 3 is 2.29 bits per heavy atom. The molecule has 0 fully saturated rings. The van der Waals surface area contributed by atoms with Crippen LogP contribution in [0.25, 0.3) is 0 Å². The second-order valence-electron chi connectivity index (χ2n) is 4.60. The second-order valence-corrected chi connectivity index (χ2v) is 7.15. The molecule has 0 aliphatic rings. The lowest BCUT2D eigenvalue weighted by Gasteiger charge is -2.09. The smallest absolute Gasteiger partial charge is 0.178 e. The Kier molecular flexibility index (Phi) is 4.09. The van der Waals surface area contributed by atoms with E-state index in [9.17, 15) is 13.2 Å². The third-order valence-electron chi connectivity index (χ3n) is 2.73. The molecule has 4 heteroatoms. The summed E-state index contributed by atoms with van der Waals surface area (Å²) in [6.45, 7) is 6.93. The maximum Gasteiger partial charge on any atom is 0.178 e. The number of Topliss-reactive ketones (excluding diaryl/α,β-unsaturated/α-hetero) is 1. The van der Waals surface area contributed by atoms with Crippen LogP contribution in [0, 0.1) is 13.8 Å². The first-order valence-corrected chi connectivity index (χ1v) is 7.27. The van der Waals surface area contributed by atoms with Gasteiger partial charge in [-0.1, -0.05) is 23.8 Å². The topological polar surface area (TPSA) is 51.2 Å². The average Bonchev–Trinajstić information content (AvgIpc) is 2.15. The van der Waals surface area contributed by atoms with Crippen LogP contribution >= 0.6 is 0 Å². The Hall–Kier alpha value is -1.16. The van der Waals surface area contributed by atoms with Gasteiger partial charge in [0.05, 0.1) is 5.25 Å². The van der Waals surface area contributed by atoms with Gasteiger partial charge in [0.1, 0.15) is 5.75 Å². The van der Waals surface area contributed by atoms with E-state index < -0.39 is 20.8 Å². The number of hydrogen-bond donors (Lipinski definition) is 0. The lowest BCUT2D eigenvalue weighted by atomic mass is 10.0. The molecular weight excluding hydrogens is 236 g/mol. The minimum atomic E-state index is -3.32. The lowest BCUT2D eigenvalue weighted by Crippen LogP contribution is -2.24. The fraction of sp³-hybridized carbons (Fsp3) is 0.462. The van der Waals surface area contributed by atoms with Crippen molar-refractivity contribution in [3.05, 3.63) is 34.9 Å². The molecular formula is C13H18O3S. The standard InChI is InChI=1S/C13H18O3S/c1-9(2)17(15,16)8-13(14)12-6-5-10(3)7-11(12)4/h5-7,9H,8H2,1-4H3. The summed E-state index contributed by atoms with van der Waals surface area (Å²) in [4.78, 5) is 11.9. The van der Waals surface area contributed by atoms with Gasteiger partial charge in [0.2, 0.25) is 0 Å². The molecule has 0 aliphatic heterocycles.